The summed E-state index contributed by atoms with van der Waals surface area (Å²) in [6, 6.07) is 0. The van der Waals surface area contributed by atoms with E-state index >= 15 is 0 Å². The number of carbonyl (C=O) groups excluding carboxylic acids is 1. The van der Waals surface area contributed by atoms with Crippen molar-refractivity contribution in [1.82, 2.24) is 0 Å². The van der Waals surface area contributed by atoms with Crippen LogP contribution in [0.25, 0.3) is 0 Å². The van der Waals surface area contributed by atoms with Crippen LogP contribution in [-0.4, -0.2) is 36.5 Å². The van der Waals surface area contributed by atoms with Crippen molar-refractivity contribution in [3.05, 3.63) is 0 Å². The van der Waals surface area contributed by atoms with Gasteiger partial charge in [0.2, 0.25) is 0 Å². The maximum Gasteiger partial charge on any atom is 0.308 e. The molecule has 19 heavy (non-hydrogen) atoms. The van der Waals surface area contributed by atoms with Gasteiger partial charge in [-0.05, 0) is 39.0 Å². The van der Waals surface area contributed by atoms with Crippen molar-refractivity contribution in [3.8, 4) is 0 Å². The van der Waals surface area contributed by atoms with E-state index in [1.165, 1.54) is 12.8 Å². The van der Waals surface area contributed by atoms with Gasteiger partial charge in [-0.25, -0.2) is 0 Å². The predicted molar refractivity (Wildman–Crippen MR) is 73.9 cm³/mol. The van der Waals surface area contributed by atoms with E-state index in [9.17, 15) is 9.90 Å². The number of ether oxygens (including phenoxy) is 2. The largest absolute Gasteiger partial charge is 0.466 e. The van der Waals surface area contributed by atoms with Crippen LogP contribution >= 0.6 is 0 Å². The summed E-state index contributed by atoms with van der Waals surface area (Å²) < 4.78 is 10.6. The van der Waals surface area contributed by atoms with Gasteiger partial charge in [-0.1, -0.05) is 19.8 Å². The zero-order valence-electron chi connectivity index (χ0n) is 12.3. The van der Waals surface area contributed by atoms with Crippen molar-refractivity contribution in [3.63, 3.8) is 0 Å². The van der Waals surface area contributed by atoms with E-state index in [4.69, 9.17) is 9.47 Å². The highest BCUT2D eigenvalue weighted by Crippen LogP contribution is 2.33. The summed E-state index contributed by atoms with van der Waals surface area (Å²) in [5.74, 6) is -0.159. The highest BCUT2D eigenvalue weighted by atomic mass is 16.5. The van der Waals surface area contributed by atoms with Gasteiger partial charge in [0.15, 0.2) is 0 Å². The van der Waals surface area contributed by atoms with Gasteiger partial charge in [0.1, 0.15) is 0 Å². The Morgan fingerprint density at radius 3 is 2.53 bits per heavy atom. The molecule has 0 aromatic carbocycles. The SMILES string of the molecule is CCCCCOCC1(O)CCC(C(=O)OCC)CC1. The zero-order chi connectivity index (χ0) is 14.1. The normalized spacial score (nSPS) is 27.2. The van der Waals surface area contributed by atoms with Crippen LogP contribution in [0.2, 0.25) is 0 Å². The maximum absolute atomic E-state index is 11.6. The van der Waals surface area contributed by atoms with Crippen LogP contribution in [0.5, 0.6) is 0 Å². The van der Waals surface area contributed by atoms with Crippen molar-refractivity contribution >= 4 is 5.97 Å². The summed E-state index contributed by atoms with van der Waals surface area (Å²) in [7, 11) is 0. The molecule has 0 unspecified atom stereocenters. The topological polar surface area (TPSA) is 55.8 Å². The minimum Gasteiger partial charge on any atom is -0.466 e. The molecule has 0 heterocycles. The first-order valence-corrected chi connectivity index (χ1v) is 7.58. The lowest BCUT2D eigenvalue weighted by atomic mass is 9.79. The fourth-order valence-electron chi connectivity index (χ4n) is 2.51. The quantitative estimate of drug-likeness (QED) is 0.545. The second kappa shape index (κ2) is 8.54. The molecular weight excluding hydrogens is 244 g/mol. The highest BCUT2D eigenvalue weighted by Gasteiger charge is 2.36. The van der Waals surface area contributed by atoms with Crippen molar-refractivity contribution in [2.75, 3.05) is 19.8 Å². The minimum absolute atomic E-state index is 0.0414. The lowest BCUT2D eigenvalue weighted by molar-refractivity contribution is -0.152. The van der Waals surface area contributed by atoms with E-state index in [1.54, 1.807) is 0 Å². The maximum atomic E-state index is 11.6. The number of carbonyl (C=O) groups is 1. The molecule has 0 aromatic heterocycles. The van der Waals surface area contributed by atoms with Crippen LogP contribution in [0.15, 0.2) is 0 Å². The average molecular weight is 272 g/mol. The minimum atomic E-state index is -0.741. The zero-order valence-corrected chi connectivity index (χ0v) is 12.3. The first-order chi connectivity index (χ1) is 9.11. The highest BCUT2D eigenvalue weighted by molar-refractivity contribution is 5.72. The fraction of sp³-hybridized carbons (Fsp3) is 0.933. The Labute approximate surface area is 116 Å². The molecule has 4 heteroatoms. The van der Waals surface area contributed by atoms with Gasteiger partial charge in [0.05, 0.1) is 24.7 Å². The number of rotatable bonds is 8. The second-order valence-corrected chi connectivity index (χ2v) is 5.51. The molecule has 1 saturated carbocycles. The standard InChI is InChI=1S/C15H28O4/c1-3-5-6-11-18-12-15(17)9-7-13(8-10-15)14(16)19-4-2/h13,17H,3-12H2,1-2H3. The first-order valence-electron chi connectivity index (χ1n) is 7.58. The number of aliphatic hydroxyl groups is 1. The molecule has 0 bridgehead atoms. The van der Waals surface area contributed by atoms with Gasteiger partial charge < -0.3 is 14.6 Å². The van der Waals surface area contributed by atoms with E-state index in [0.29, 0.717) is 38.9 Å². The van der Waals surface area contributed by atoms with E-state index < -0.39 is 5.60 Å². The van der Waals surface area contributed by atoms with Crippen molar-refractivity contribution < 1.29 is 19.4 Å². The van der Waals surface area contributed by atoms with Crippen molar-refractivity contribution in [1.29, 1.82) is 0 Å². The molecule has 0 saturated heterocycles. The molecule has 4 nitrogen and oxygen atoms in total. The molecule has 0 aliphatic heterocycles. The molecule has 112 valence electrons. The van der Waals surface area contributed by atoms with Gasteiger partial charge in [-0.15, -0.1) is 0 Å². The van der Waals surface area contributed by atoms with Gasteiger partial charge in [-0.2, -0.15) is 0 Å². The average Bonchev–Trinajstić information content (AvgIpc) is 2.39. The van der Waals surface area contributed by atoms with E-state index in [1.807, 2.05) is 6.92 Å². The Morgan fingerprint density at radius 2 is 1.95 bits per heavy atom. The van der Waals surface area contributed by atoms with Crippen LogP contribution in [0.1, 0.15) is 58.8 Å². The molecule has 0 radical (unpaired) electrons. The summed E-state index contributed by atoms with van der Waals surface area (Å²) in [5.41, 5.74) is -0.741. The molecule has 1 aliphatic carbocycles. The van der Waals surface area contributed by atoms with Gasteiger partial charge in [0.25, 0.3) is 0 Å². The van der Waals surface area contributed by atoms with Gasteiger partial charge in [0, 0.05) is 6.61 Å². The van der Waals surface area contributed by atoms with E-state index in [2.05, 4.69) is 6.92 Å². The number of unbranched alkanes of at least 4 members (excludes halogenated alkanes) is 2. The van der Waals surface area contributed by atoms with Crippen LogP contribution < -0.4 is 0 Å². The molecule has 1 aliphatic rings. The van der Waals surface area contributed by atoms with Crippen LogP contribution in [-0.2, 0) is 14.3 Å². The third kappa shape index (κ3) is 5.91. The molecular formula is C15H28O4. The summed E-state index contributed by atoms with van der Waals surface area (Å²) in [4.78, 5) is 11.6. The number of esters is 1. The Kier molecular flexibility index (Phi) is 7.39. The molecule has 0 amide bonds. The Morgan fingerprint density at radius 1 is 1.26 bits per heavy atom. The van der Waals surface area contributed by atoms with Crippen LogP contribution in [0, 0.1) is 5.92 Å². The molecule has 0 spiro atoms. The Bertz CT molecular complexity index is 257. The second-order valence-electron chi connectivity index (χ2n) is 5.51. The fourth-order valence-corrected chi connectivity index (χ4v) is 2.51. The van der Waals surface area contributed by atoms with Crippen LogP contribution in [0.3, 0.4) is 0 Å². The third-order valence-corrected chi connectivity index (χ3v) is 3.80. The number of hydrogen-bond donors (Lipinski definition) is 1. The molecule has 1 fully saturated rings. The van der Waals surface area contributed by atoms with Crippen LogP contribution in [0.4, 0.5) is 0 Å². The lowest BCUT2D eigenvalue weighted by Gasteiger charge is -2.34. The van der Waals surface area contributed by atoms with E-state index in [0.717, 1.165) is 13.0 Å². The molecule has 0 aromatic rings. The van der Waals surface area contributed by atoms with E-state index in [-0.39, 0.29) is 11.9 Å². The predicted octanol–water partition coefficient (Wildman–Crippen LogP) is 2.68. The van der Waals surface area contributed by atoms with Gasteiger partial charge >= 0.3 is 5.97 Å². The van der Waals surface area contributed by atoms with Gasteiger partial charge in [-0.3, -0.25) is 4.79 Å². The number of hydrogen-bond acceptors (Lipinski definition) is 4. The molecule has 0 atom stereocenters. The molecule has 1 rings (SSSR count). The molecule has 1 N–H and O–H groups in total. The third-order valence-electron chi connectivity index (χ3n) is 3.80. The Hall–Kier alpha value is -0.610. The Balaban J connectivity index is 2.21. The summed E-state index contributed by atoms with van der Waals surface area (Å²) in [5, 5.41) is 10.4. The van der Waals surface area contributed by atoms with Crippen molar-refractivity contribution in [2.45, 2.75) is 64.4 Å². The summed E-state index contributed by atoms with van der Waals surface area (Å²) >= 11 is 0. The lowest BCUT2D eigenvalue weighted by Crippen LogP contribution is -2.40. The summed E-state index contributed by atoms with van der Waals surface area (Å²) in [6.07, 6.45) is 6.06. The summed E-state index contributed by atoms with van der Waals surface area (Å²) in [6.45, 7) is 5.52. The van der Waals surface area contributed by atoms with Crippen molar-refractivity contribution in [2.24, 2.45) is 5.92 Å². The smallest absolute Gasteiger partial charge is 0.308 e. The first kappa shape index (κ1) is 16.4. The monoisotopic (exact) mass is 272 g/mol.